The van der Waals surface area contributed by atoms with E-state index in [-0.39, 0.29) is 18.5 Å². The maximum atomic E-state index is 12.2. The predicted molar refractivity (Wildman–Crippen MR) is 115 cm³/mol. The van der Waals surface area contributed by atoms with E-state index in [1.165, 1.54) is 18.3 Å². The lowest BCUT2D eigenvalue weighted by Crippen LogP contribution is -2.06. The Morgan fingerprint density at radius 2 is 1.67 bits per heavy atom. The van der Waals surface area contributed by atoms with E-state index >= 15 is 0 Å². The summed E-state index contributed by atoms with van der Waals surface area (Å²) in [6.07, 6.45) is 7.85. The largest absolute Gasteiger partial charge is 0.496 e. The van der Waals surface area contributed by atoms with E-state index in [4.69, 9.17) is 14.2 Å². The molecule has 0 radical (unpaired) electrons. The highest BCUT2D eigenvalue weighted by Crippen LogP contribution is 2.42. The molecule has 0 N–H and O–H groups in total. The SMILES string of the molecule is COC(=O)CC/C(C)=C/CC/C(C)=C/Cc1c(OC)c(C)c2c(c1OC)C(=O)OC2. The van der Waals surface area contributed by atoms with Crippen LogP contribution in [0.3, 0.4) is 0 Å². The van der Waals surface area contributed by atoms with Gasteiger partial charge in [0, 0.05) is 17.5 Å². The third kappa shape index (κ3) is 5.43. The van der Waals surface area contributed by atoms with Crippen molar-refractivity contribution in [2.24, 2.45) is 0 Å². The van der Waals surface area contributed by atoms with Gasteiger partial charge in [-0.25, -0.2) is 4.79 Å². The molecule has 164 valence electrons. The van der Waals surface area contributed by atoms with Gasteiger partial charge < -0.3 is 18.9 Å². The fourth-order valence-corrected chi connectivity index (χ4v) is 3.66. The van der Waals surface area contributed by atoms with Gasteiger partial charge in [0.1, 0.15) is 23.7 Å². The van der Waals surface area contributed by atoms with Gasteiger partial charge in [-0.2, -0.15) is 0 Å². The van der Waals surface area contributed by atoms with E-state index in [1.54, 1.807) is 14.2 Å². The predicted octanol–water partition coefficient (Wildman–Crippen LogP) is 4.85. The van der Waals surface area contributed by atoms with Gasteiger partial charge in [0.2, 0.25) is 0 Å². The Balaban J connectivity index is 2.11. The number of allylic oxidation sites excluding steroid dienone is 4. The Morgan fingerprint density at radius 3 is 2.30 bits per heavy atom. The number of hydrogen-bond donors (Lipinski definition) is 0. The number of carbonyl (C=O) groups excluding carboxylic acids is 2. The lowest BCUT2D eigenvalue weighted by atomic mass is 9.94. The second-order valence-corrected chi connectivity index (χ2v) is 7.52. The van der Waals surface area contributed by atoms with E-state index in [0.717, 1.165) is 35.3 Å². The number of esters is 2. The van der Waals surface area contributed by atoms with Gasteiger partial charge in [0.25, 0.3) is 0 Å². The summed E-state index contributed by atoms with van der Waals surface area (Å²) in [6.45, 7) is 6.32. The molecule has 6 nitrogen and oxygen atoms in total. The minimum Gasteiger partial charge on any atom is -0.496 e. The molecular formula is C24H32O6. The first kappa shape index (κ1) is 23.5. The molecule has 1 aliphatic heterocycles. The van der Waals surface area contributed by atoms with Crippen LogP contribution in [0.1, 0.15) is 66.6 Å². The molecular weight excluding hydrogens is 384 g/mol. The van der Waals surface area contributed by atoms with Gasteiger partial charge in [0.15, 0.2) is 0 Å². The van der Waals surface area contributed by atoms with Crippen LogP contribution in [0.5, 0.6) is 11.5 Å². The second-order valence-electron chi connectivity index (χ2n) is 7.52. The maximum absolute atomic E-state index is 12.2. The third-order valence-corrected chi connectivity index (χ3v) is 5.47. The average Bonchev–Trinajstić information content (AvgIpc) is 3.12. The van der Waals surface area contributed by atoms with Crippen molar-refractivity contribution in [3.63, 3.8) is 0 Å². The number of fused-ring (bicyclic) bond motifs is 1. The molecule has 1 aromatic carbocycles. The zero-order valence-corrected chi connectivity index (χ0v) is 18.8. The molecule has 0 atom stereocenters. The van der Waals surface area contributed by atoms with Crippen LogP contribution in [-0.2, 0) is 27.3 Å². The Labute approximate surface area is 178 Å². The van der Waals surface area contributed by atoms with Gasteiger partial charge in [-0.05, 0) is 52.0 Å². The van der Waals surface area contributed by atoms with Crippen molar-refractivity contribution in [1.29, 1.82) is 0 Å². The van der Waals surface area contributed by atoms with Crippen molar-refractivity contribution >= 4 is 11.9 Å². The van der Waals surface area contributed by atoms with Crippen LogP contribution < -0.4 is 9.47 Å². The number of rotatable bonds is 10. The van der Waals surface area contributed by atoms with E-state index in [9.17, 15) is 9.59 Å². The molecule has 0 spiro atoms. The molecule has 0 fully saturated rings. The first-order chi connectivity index (χ1) is 14.3. The van der Waals surface area contributed by atoms with Crippen LogP contribution in [0.15, 0.2) is 23.3 Å². The maximum Gasteiger partial charge on any atom is 0.342 e. The Kier molecular flexibility index (Phi) is 8.51. The summed E-state index contributed by atoms with van der Waals surface area (Å²) in [4.78, 5) is 23.4. The molecule has 30 heavy (non-hydrogen) atoms. The van der Waals surface area contributed by atoms with E-state index in [2.05, 4.69) is 23.8 Å². The average molecular weight is 417 g/mol. The Morgan fingerprint density at radius 1 is 1.00 bits per heavy atom. The van der Waals surface area contributed by atoms with Crippen molar-refractivity contribution < 1.29 is 28.5 Å². The topological polar surface area (TPSA) is 71.1 Å². The van der Waals surface area contributed by atoms with Crippen molar-refractivity contribution in [2.45, 2.75) is 59.5 Å². The summed E-state index contributed by atoms with van der Waals surface area (Å²) in [7, 11) is 4.61. The van der Waals surface area contributed by atoms with Crippen LogP contribution >= 0.6 is 0 Å². The molecule has 1 aliphatic rings. The minimum atomic E-state index is -0.345. The van der Waals surface area contributed by atoms with Crippen LogP contribution in [-0.4, -0.2) is 33.3 Å². The molecule has 1 heterocycles. The normalized spacial score (nSPS) is 13.7. The lowest BCUT2D eigenvalue weighted by Gasteiger charge is -2.18. The summed E-state index contributed by atoms with van der Waals surface area (Å²) in [5, 5.41) is 0. The Hall–Kier alpha value is -2.76. The number of hydrogen-bond acceptors (Lipinski definition) is 6. The van der Waals surface area contributed by atoms with E-state index in [0.29, 0.717) is 30.6 Å². The van der Waals surface area contributed by atoms with Gasteiger partial charge in [-0.3, -0.25) is 4.79 Å². The number of benzene rings is 1. The molecule has 0 saturated heterocycles. The number of cyclic esters (lactones) is 1. The number of ether oxygens (including phenoxy) is 4. The quantitative estimate of drug-likeness (QED) is 0.401. The lowest BCUT2D eigenvalue weighted by molar-refractivity contribution is -0.140. The number of carbonyl (C=O) groups is 2. The van der Waals surface area contributed by atoms with Crippen LogP contribution in [0.25, 0.3) is 0 Å². The van der Waals surface area contributed by atoms with Gasteiger partial charge >= 0.3 is 11.9 Å². The monoisotopic (exact) mass is 416 g/mol. The highest BCUT2D eigenvalue weighted by atomic mass is 16.5. The van der Waals surface area contributed by atoms with Gasteiger partial charge in [0.05, 0.1) is 21.3 Å². The summed E-state index contributed by atoms with van der Waals surface area (Å²) in [6, 6.07) is 0. The molecule has 2 rings (SSSR count). The first-order valence-electron chi connectivity index (χ1n) is 10.1. The van der Waals surface area contributed by atoms with Crippen molar-refractivity contribution in [3.8, 4) is 11.5 Å². The Bertz CT molecular complexity index is 863. The standard InChI is InChI=1S/C24H32O6/c1-15(8-7-9-16(2)11-13-20(25)27-4)10-12-18-22(28-5)17(3)19-14-30-24(26)21(19)23(18)29-6/h9-10H,7-8,11-14H2,1-6H3/b15-10+,16-9+. The summed E-state index contributed by atoms with van der Waals surface area (Å²) in [5.74, 6) is 0.751. The smallest absolute Gasteiger partial charge is 0.342 e. The van der Waals surface area contributed by atoms with Crippen LogP contribution in [0.2, 0.25) is 0 Å². The number of methoxy groups -OCH3 is 3. The van der Waals surface area contributed by atoms with Gasteiger partial charge in [-0.15, -0.1) is 0 Å². The fraction of sp³-hybridized carbons (Fsp3) is 0.500. The van der Waals surface area contributed by atoms with Crippen LogP contribution in [0, 0.1) is 6.92 Å². The second kappa shape index (κ2) is 10.9. The van der Waals surface area contributed by atoms with E-state index < -0.39 is 0 Å². The van der Waals surface area contributed by atoms with Crippen LogP contribution in [0.4, 0.5) is 0 Å². The van der Waals surface area contributed by atoms with Gasteiger partial charge in [-0.1, -0.05) is 23.3 Å². The summed E-state index contributed by atoms with van der Waals surface area (Å²) in [5.41, 5.74) is 5.55. The summed E-state index contributed by atoms with van der Waals surface area (Å²) < 4.78 is 21.1. The molecule has 0 amide bonds. The molecule has 0 bridgehead atoms. The zero-order valence-electron chi connectivity index (χ0n) is 18.8. The third-order valence-electron chi connectivity index (χ3n) is 5.47. The van der Waals surface area contributed by atoms with Crippen molar-refractivity contribution in [1.82, 2.24) is 0 Å². The highest BCUT2D eigenvalue weighted by Gasteiger charge is 2.32. The first-order valence-corrected chi connectivity index (χ1v) is 10.1. The summed E-state index contributed by atoms with van der Waals surface area (Å²) >= 11 is 0. The van der Waals surface area contributed by atoms with Crippen molar-refractivity contribution in [3.05, 3.63) is 45.6 Å². The van der Waals surface area contributed by atoms with Crippen molar-refractivity contribution in [2.75, 3.05) is 21.3 Å². The molecule has 0 unspecified atom stereocenters. The fourth-order valence-electron chi connectivity index (χ4n) is 3.66. The molecule has 0 aliphatic carbocycles. The molecule has 0 aromatic heterocycles. The molecule has 0 saturated carbocycles. The minimum absolute atomic E-state index is 0.185. The molecule has 1 aromatic rings. The molecule has 6 heteroatoms. The highest BCUT2D eigenvalue weighted by molar-refractivity contribution is 5.98. The van der Waals surface area contributed by atoms with E-state index in [1.807, 2.05) is 13.8 Å². The zero-order chi connectivity index (χ0) is 22.3.